The number of fused-ring (bicyclic) bond motifs is 1. The molecule has 0 amide bonds. The van der Waals surface area contributed by atoms with Crippen molar-refractivity contribution < 1.29 is 13.0 Å². The van der Waals surface area contributed by atoms with E-state index in [0.29, 0.717) is 16.9 Å². The van der Waals surface area contributed by atoms with Crippen LogP contribution in [0.1, 0.15) is 0 Å². The lowest BCUT2D eigenvalue weighted by Gasteiger charge is -1.96. The lowest BCUT2D eigenvalue weighted by atomic mass is 10.3. The van der Waals surface area contributed by atoms with E-state index >= 15 is 0 Å². The van der Waals surface area contributed by atoms with Crippen LogP contribution in [0, 0.1) is 0 Å². The summed E-state index contributed by atoms with van der Waals surface area (Å²) in [7, 11) is -3.27. The Balaban J connectivity index is 2.19. The SMILES string of the molecule is CS(=O)(=O)c1ccc2nc(-c3nonc3N)[nH]c2c1. The van der Waals surface area contributed by atoms with E-state index in [2.05, 4.69) is 24.9 Å². The molecule has 0 saturated heterocycles. The molecular weight excluding hydrogens is 270 g/mol. The molecule has 0 spiro atoms. The van der Waals surface area contributed by atoms with Crippen molar-refractivity contribution in [2.24, 2.45) is 0 Å². The Hall–Kier alpha value is -2.42. The average Bonchev–Trinajstić information content (AvgIpc) is 2.91. The lowest BCUT2D eigenvalue weighted by Crippen LogP contribution is -1.96. The quantitative estimate of drug-likeness (QED) is 0.702. The van der Waals surface area contributed by atoms with Crippen LogP contribution in [0.5, 0.6) is 0 Å². The third-order valence-corrected chi connectivity index (χ3v) is 3.73. The van der Waals surface area contributed by atoms with Gasteiger partial charge in [-0.2, -0.15) is 0 Å². The van der Waals surface area contributed by atoms with Crippen LogP contribution >= 0.6 is 0 Å². The molecule has 0 fully saturated rings. The predicted molar refractivity (Wildman–Crippen MR) is 66.9 cm³/mol. The molecule has 2 aromatic heterocycles. The number of aromatic amines is 1. The summed E-state index contributed by atoms with van der Waals surface area (Å²) in [6.45, 7) is 0. The van der Waals surface area contributed by atoms with Gasteiger partial charge in [-0.1, -0.05) is 0 Å². The van der Waals surface area contributed by atoms with Crippen LogP contribution in [0.4, 0.5) is 5.82 Å². The van der Waals surface area contributed by atoms with E-state index in [-0.39, 0.29) is 16.4 Å². The second-order valence-corrected chi connectivity index (χ2v) is 6.05. The smallest absolute Gasteiger partial charge is 0.199 e. The number of hydrogen-bond donors (Lipinski definition) is 2. The molecule has 98 valence electrons. The first-order valence-corrected chi connectivity index (χ1v) is 7.12. The van der Waals surface area contributed by atoms with Gasteiger partial charge in [0.05, 0.1) is 15.9 Å². The van der Waals surface area contributed by atoms with E-state index in [1.165, 1.54) is 12.1 Å². The second kappa shape index (κ2) is 3.79. The van der Waals surface area contributed by atoms with Gasteiger partial charge in [0.2, 0.25) is 0 Å². The van der Waals surface area contributed by atoms with Gasteiger partial charge in [0.25, 0.3) is 0 Å². The number of imidazole rings is 1. The lowest BCUT2D eigenvalue weighted by molar-refractivity contribution is 0.310. The molecule has 0 aliphatic heterocycles. The number of H-pyrrole nitrogens is 1. The minimum Gasteiger partial charge on any atom is -0.379 e. The third-order valence-electron chi connectivity index (χ3n) is 2.62. The van der Waals surface area contributed by atoms with Gasteiger partial charge >= 0.3 is 0 Å². The van der Waals surface area contributed by atoms with Crippen LogP contribution in [-0.2, 0) is 9.84 Å². The monoisotopic (exact) mass is 279 g/mol. The summed E-state index contributed by atoms with van der Waals surface area (Å²) in [5, 5.41) is 7.09. The zero-order valence-corrected chi connectivity index (χ0v) is 10.6. The Bertz CT molecular complexity index is 864. The Morgan fingerprint density at radius 2 is 2.11 bits per heavy atom. The van der Waals surface area contributed by atoms with Gasteiger partial charge in [0, 0.05) is 6.26 Å². The molecule has 3 rings (SSSR count). The summed E-state index contributed by atoms with van der Waals surface area (Å²) >= 11 is 0. The van der Waals surface area contributed by atoms with Gasteiger partial charge in [-0.25, -0.2) is 18.0 Å². The van der Waals surface area contributed by atoms with Crippen molar-refractivity contribution in [1.82, 2.24) is 20.3 Å². The Labute approximate surface area is 107 Å². The van der Waals surface area contributed by atoms with Gasteiger partial charge in [-0.15, -0.1) is 0 Å². The number of nitrogens with one attached hydrogen (secondary N) is 1. The number of nitrogens with zero attached hydrogens (tertiary/aromatic N) is 3. The highest BCUT2D eigenvalue weighted by Crippen LogP contribution is 2.24. The maximum absolute atomic E-state index is 11.5. The van der Waals surface area contributed by atoms with Crippen molar-refractivity contribution in [3.63, 3.8) is 0 Å². The normalized spacial score (nSPS) is 12.1. The molecule has 19 heavy (non-hydrogen) atoms. The fourth-order valence-electron chi connectivity index (χ4n) is 1.69. The molecule has 3 aromatic rings. The van der Waals surface area contributed by atoms with E-state index in [4.69, 9.17) is 5.73 Å². The largest absolute Gasteiger partial charge is 0.379 e. The molecule has 0 saturated carbocycles. The van der Waals surface area contributed by atoms with E-state index in [1.54, 1.807) is 6.07 Å². The molecule has 0 radical (unpaired) electrons. The summed E-state index contributed by atoms with van der Waals surface area (Å²) in [4.78, 5) is 7.39. The Morgan fingerprint density at radius 1 is 1.32 bits per heavy atom. The van der Waals surface area contributed by atoms with Crippen molar-refractivity contribution >= 4 is 26.7 Å². The van der Waals surface area contributed by atoms with Crippen LogP contribution in [0.2, 0.25) is 0 Å². The molecule has 0 unspecified atom stereocenters. The number of hydrogen-bond acceptors (Lipinski definition) is 7. The molecule has 3 N–H and O–H groups in total. The number of sulfone groups is 1. The highest BCUT2D eigenvalue weighted by molar-refractivity contribution is 7.90. The Kier molecular flexibility index (Phi) is 2.32. The minimum absolute atomic E-state index is 0.113. The van der Waals surface area contributed by atoms with Crippen molar-refractivity contribution in [2.45, 2.75) is 4.90 Å². The van der Waals surface area contributed by atoms with Crippen LogP contribution in [0.25, 0.3) is 22.6 Å². The fraction of sp³-hybridized carbons (Fsp3) is 0.100. The molecule has 8 nitrogen and oxygen atoms in total. The fourth-order valence-corrected chi connectivity index (χ4v) is 2.34. The van der Waals surface area contributed by atoms with Crippen molar-refractivity contribution in [2.75, 3.05) is 12.0 Å². The molecule has 9 heteroatoms. The number of anilines is 1. The standard InChI is InChI=1S/C10H9N5O3S/c1-19(16,17)5-2-3-6-7(4-5)13-10(12-6)8-9(11)15-18-14-8/h2-4H,1H3,(H2,11,15)(H,12,13). The number of rotatable bonds is 2. The maximum atomic E-state index is 11.5. The first-order valence-electron chi connectivity index (χ1n) is 5.23. The summed E-state index contributed by atoms with van der Waals surface area (Å²) in [6, 6.07) is 4.60. The van der Waals surface area contributed by atoms with Crippen LogP contribution < -0.4 is 5.73 Å². The summed E-state index contributed by atoms with van der Waals surface area (Å²) < 4.78 is 27.4. The Morgan fingerprint density at radius 3 is 2.74 bits per heavy atom. The average molecular weight is 279 g/mol. The topological polar surface area (TPSA) is 128 Å². The van der Waals surface area contributed by atoms with E-state index in [9.17, 15) is 8.42 Å². The molecule has 0 bridgehead atoms. The molecule has 0 aliphatic carbocycles. The molecule has 2 heterocycles. The van der Waals surface area contributed by atoms with E-state index < -0.39 is 9.84 Å². The summed E-state index contributed by atoms with van der Waals surface area (Å²) in [6.07, 6.45) is 1.14. The molecule has 0 atom stereocenters. The molecule has 0 aliphatic rings. The number of benzene rings is 1. The number of nitrogens with two attached hydrogens (primary N) is 1. The van der Waals surface area contributed by atoms with E-state index in [1.807, 2.05) is 0 Å². The zero-order chi connectivity index (χ0) is 13.6. The van der Waals surface area contributed by atoms with Crippen LogP contribution in [-0.4, -0.2) is 35.0 Å². The van der Waals surface area contributed by atoms with Crippen LogP contribution in [0.3, 0.4) is 0 Å². The van der Waals surface area contributed by atoms with Gasteiger partial charge in [0.15, 0.2) is 27.2 Å². The number of aromatic nitrogens is 4. The number of nitrogen functional groups attached to an aromatic ring is 1. The molecular formula is C10H9N5O3S. The van der Waals surface area contributed by atoms with Crippen molar-refractivity contribution in [3.05, 3.63) is 18.2 Å². The van der Waals surface area contributed by atoms with Gasteiger partial charge < -0.3 is 10.7 Å². The first kappa shape index (κ1) is 11.7. The van der Waals surface area contributed by atoms with E-state index in [0.717, 1.165) is 6.26 Å². The van der Waals surface area contributed by atoms with Crippen LogP contribution in [0.15, 0.2) is 27.7 Å². The maximum Gasteiger partial charge on any atom is 0.199 e. The van der Waals surface area contributed by atoms with Gasteiger partial charge in [-0.05, 0) is 28.5 Å². The molecule has 1 aromatic carbocycles. The van der Waals surface area contributed by atoms with Gasteiger partial charge in [0.1, 0.15) is 0 Å². The predicted octanol–water partition coefficient (Wildman–Crippen LogP) is 0.599. The zero-order valence-electron chi connectivity index (χ0n) is 9.78. The van der Waals surface area contributed by atoms with Crippen molar-refractivity contribution in [1.29, 1.82) is 0 Å². The second-order valence-electron chi connectivity index (χ2n) is 4.03. The van der Waals surface area contributed by atoms with Crippen molar-refractivity contribution in [3.8, 4) is 11.5 Å². The minimum atomic E-state index is -3.27. The summed E-state index contributed by atoms with van der Waals surface area (Å²) in [5.74, 6) is 0.488. The highest BCUT2D eigenvalue weighted by Gasteiger charge is 2.15. The third kappa shape index (κ3) is 1.93. The highest BCUT2D eigenvalue weighted by atomic mass is 32.2. The summed E-state index contributed by atoms with van der Waals surface area (Å²) in [5.41, 5.74) is 7.03. The first-order chi connectivity index (χ1) is 8.95. The van der Waals surface area contributed by atoms with Gasteiger partial charge in [-0.3, -0.25) is 0 Å².